The fourth-order valence-electron chi connectivity index (χ4n) is 2.27. The number of piperazine rings is 1. The Morgan fingerprint density at radius 3 is 2.76 bits per heavy atom. The summed E-state index contributed by atoms with van der Waals surface area (Å²) in [5.41, 5.74) is 0. The Bertz CT molecular complexity index is 535. The van der Waals surface area contributed by atoms with Gasteiger partial charge in [0, 0.05) is 31.6 Å². The van der Waals surface area contributed by atoms with Crippen LogP contribution in [-0.2, 0) is 0 Å². The van der Waals surface area contributed by atoms with Crippen molar-refractivity contribution >= 4 is 28.2 Å². The number of nitrogens with one attached hydrogen (secondary N) is 1. The third-order valence-electron chi connectivity index (χ3n) is 3.11. The van der Waals surface area contributed by atoms with Crippen LogP contribution in [0.4, 0.5) is 5.82 Å². The molecular formula is C13H14ClN3. The van der Waals surface area contributed by atoms with Gasteiger partial charge in [-0.25, -0.2) is 4.98 Å². The Kier molecular flexibility index (Phi) is 2.87. The number of benzene rings is 1. The number of fused-ring (bicyclic) bond motifs is 1. The summed E-state index contributed by atoms with van der Waals surface area (Å²) < 4.78 is 0. The second-order valence-electron chi connectivity index (χ2n) is 4.23. The number of hydrogen-bond donors (Lipinski definition) is 1. The predicted molar refractivity (Wildman–Crippen MR) is 71.8 cm³/mol. The summed E-state index contributed by atoms with van der Waals surface area (Å²) in [7, 11) is 0. The van der Waals surface area contributed by atoms with Crippen molar-refractivity contribution in [3.8, 4) is 0 Å². The Labute approximate surface area is 105 Å². The number of pyridine rings is 1. The van der Waals surface area contributed by atoms with Crippen LogP contribution in [0, 0.1) is 0 Å². The lowest BCUT2D eigenvalue weighted by molar-refractivity contribution is 0.586. The van der Waals surface area contributed by atoms with Crippen LogP contribution >= 0.6 is 11.6 Å². The highest BCUT2D eigenvalue weighted by Gasteiger charge is 2.15. The molecule has 1 aromatic carbocycles. The third-order valence-corrected chi connectivity index (χ3v) is 3.30. The van der Waals surface area contributed by atoms with Gasteiger partial charge in [0.15, 0.2) is 0 Å². The van der Waals surface area contributed by atoms with Gasteiger partial charge in [-0.05, 0) is 11.5 Å². The zero-order valence-corrected chi connectivity index (χ0v) is 10.2. The zero-order chi connectivity index (χ0) is 11.7. The molecule has 2 aromatic rings. The first-order chi connectivity index (χ1) is 8.34. The summed E-state index contributed by atoms with van der Waals surface area (Å²) in [5.74, 6) is 1.01. The molecule has 0 amide bonds. The topological polar surface area (TPSA) is 28.2 Å². The minimum atomic E-state index is 0.567. The number of anilines is 1. The quantitative estimate of drug-likeness (QED) is 0.784. The molecule has 0 bridgehead atoms. The lowest BCUT2D eigenvalue weighted by Crippen LogP contribution is -2.44. The number of hydrogen-bond acceptors (Lipinski definition) is 3. The largest absolute Gasteiger partial charge is 0.354 e. The molecule has 17 heavy (non-hydrogen) atoms. The van der Waals surface area contributed by atoms with Crippen LogP contribution in [0.15, 0.2) is 30.3 Å². The summed E-state index contributed by atoms with van der Waals surface area (Å²) in [4.78, 5) is 6.78. The smallest absolute Gasteiger partial charge is 0.138 e. The van der Waals surface area contributed by atoms with Crippen LogP contribution < -0.4 is 10.2 Å². The number of halogens is 1. The Hall–Kier alpha value is -1.32. The van der Waals surface area contributed by atoms with E-state index in [1.165, 1.54) is 5.39 Å². The van der Waals surface area contributed by atoms with Crippen molar-refractivity contribution in [1.82, 2.24) is 10.3 Å². The van der Waals surface area contributed by atoms with E-state index in [4.69, 9.17) is 11.6 Å². The normalized spacial score (nSPS) is 16.4. The van der Waals surface area contributed by atoms with Crippen LogP contribution in [0.2, 0.25) is 5.15 Å². The molecule has 4 heteroatoms. The van der Waals surface area contributed by atoms with Crippen molar-refractivity contribution in [3.05, 3.63) is 35.5 Å². The van der Waals surface area contributed by atoms with Gasteiger partial charge in [-0.15, -0.1) is 0 Å². The summed E-state index contributed by atoms with van der Waals surface area (Å²) in [5, 5.41) is 6.24. The zero-order valence-electron chi connectivity index (χ0n) is 9.49. The molecule has 3 nitrogen and oxygen atoms in total. The van der Waals surface area contributed by atoms with Crippen LogP contribution in [0.3, 0.4) is 0 Å². The van der Waals surface area contributed by atoms with Crippen LogP contribution in [0.25, 0.3) is 10.8 Å². The highest BCUT2D eigenvalue weighted by molar-refractivity contribution is 6.30. The molecule has 2 heterocycles. The Balaban J connectivity index is 2.13. The second kappa shape index (κ2) is 4.51. The van der Waals surface area contributed by atoms with Gasteiger partial charge in [0.2, 0.25) is 0 Å². The Morgan fingerprint density at radius 2 is 1.94 bits per heavy atom. The van der Waals surface area contributed by atoms with Gasteiger partial charge in [0.05, 0.1) is 0 Å². The highest BCUT2D eigenvalue weighted by Crippen LogP contribution is 2.27. The van der Waals surface area contributed by atoms with E-state index in [2.05, 4.69) is 27.3 Å². The first-order valence-electron chi connectivity index (χ1n) is 5.85. The average Bonchev–Trinajstić information content (AvgIpc) is 2.39. The maximum atomic E-state index is 6.09. The fraction of sp³-hybridized carbons (Fsp3) is 0.308. The van der Waals surface area contributed by atoms with Crippen molar-refractivity contribution in [1.29, 1.82) is 0 Å². The van der Waals surface area contributed by atoms with E-state index in [1.807, 2.05) is 18.2 Å². The molecule has 0 radical (unpaired) electrons. The van der Waals surface area contributed by atoms with E-state index >= 15 is 0 Å². The summed E-state index contributed by atoms with van der Waals surface area (Å²) in [6, 6.07) is 10.2. The van der Waals surface area contributed by atoms with Crippen molar-refractivity contribution in [2.75, 3.05) is 31.1 Å². The first-order valence-corrected chi connectivity index (χ1v) is 6.23. The van der Waals surface area contributed by atoms with Gasteiger partial charge in [-0.2, -0.15) is 0 Å². The van der Waals surface area contributed by atoms with Crippen molar-refractivity contribution in [2.45, 2.75) is 0 Å². The molecule has 1 aliphatic rings. The van der Waals surface area contributed by atoms with E-state index in [1.54, 1.807) is 0 Å². The van der Waals surface area contributed by atoms with Gasteiger partial charge in [0.1, 0.15) is 11.0 Å². The molecule has 0 atom stereocenters. The summed E-state index contributed by atoms with van der Waals surface area (Å²) in [6.07, 6.45) is 0. The van der Waals surface area contributed by atoms with Crippen molar-refractivity contribution in [3.63, 3.8) is 0 Å². The molecular weight excluding hydrogens is 234 g/mol. The first kappa shape index (κ1) is 10.8. The molecule has 0 spiro atoms. The molecule has 1 fully saturated rings. The van der Waals surface area contributed by atoms with Crippen molar-refractivity contribution in [2.24, 2.45) is 0 Å². The molecule has 1 aromatic heterocycles. The minimum Gasteiger partial charge on any atom is -0.354 e. The predicted octanol–water partition coefficient (Wildman–Crippen LogP) is 2.30. The number of rotatable bonds is 1. The van der Waals surface area contributed by atoms with Gasteiger partial charge in [-0.1, -0.05) is 35.9 Å². The van der Waals surface area contributed by atoms with E-state index < -0.39 is 0 Å². The monoisotopic (exact) mass is 247 g/mol. The summed E-state index contributed by atoms with van der Waals surface area (Å²) >= 11 is 6.09. The molecule has 1 N–H and O–H groups in total. The lowest BCUT2D eigenvalue weighted by Gasteiger charge is -2.29. The van der Waals surface area contributed by atoms with Crippen LogP contribution in [0.5, 0.6) is 0 Å². The Morgan fingerprint density at radius 1 is 1.18 bits per heavy atom. The van der Waals surface area contributed by atoms with Crippen LogP contribution in [-0.4, -0.2) is 31.2 Å². The van der Waals surface area contributed by atoms with Gasteiger partial charge in [0.25, 0.3) is 0 Å². The maximum Gasteiger partial charge on any atom is 0.138 e. The minimum absolute atomic E-state index is 0.567. The molecule has 0 saturated carbocycles. The molecule has 0 aliphatic carbocycles. The van der Waals surface area contributed by atoms with Gasteiger partial charge >= 0.3 is 0 Å². The standard InChI is InChI=1S/C13H14ClN3/c14-12-9-10-3-1-2-4-11(10)13(16-12)17-7-5-15-6-8-17/h1-4,9,15H,5-8H2. The molecule has 3 rings (SSSR count). The van der Waals surface area contributed by atoms with E-state index in [0.29, 0.717) is 5.15 Å². The second-order valence-corrected chi connectivity index (χ2v) is 4.61. The van der Waals surface area contributed by atoms with Gasteiger partial charge < -0.3 is 10.2 Å². The van der Waals surface area contributed by atoms with Gasteiger partial charge in [-0.3, -0.25) is 0 Å². The summed E-state index contributed by atoms with van der Waals surface area (Å²) in [6.45, 7) is 3.97. The highest BCUT2D eigenvalue weighted by atomic mass is 35.5. The average molecular weight is 248 g/mol. The fourth-order valence-corrected chi connectivity index (χ4v) is 2.46. The van der Waals surface area contributed by atoms with Crippen LogP contribution in [0.1, 0.15) is 0 Å². The molecule has 88 valence electrons. The molecule has 0 unspecified atom stereocenters. The SMILES string of the molecule is Clc1cc2ccccc2c(N2CCNCC2)n1. The van der Waals surface area contributed by atoms with E-state index in [0.717, 1.165) is 37.4 Å². The molecule has 1 saturated heterocycles. The van der Waals surface area contributed by atoms with Crippen molar-refractivity contribution < 1.29 is 0 Å². The maximum absolute atomic E-state index is 6.09. The van der Waals surface area contributed by atoms with E-state index in [9.17, 15) is 0 Å². The lowest BCUT2D eigenvalue weighted by atomic mass is 10.1. The van der Waals surface area contributed by atoms with E-state index in [-0.39, 0.29) is 0 Å². The number of aromatic nitrogens is 1. The number of nitrogens with zero attached hydrogens (tertiary/aromatic N) is 2. The third kappa shape index (κ3) is 2.08. The molecule has 1 aliphatic heterocycles.